The summed E-state index contributed by atoms with van der Waals surface area (Å²) in [4.78, 5) is 16.2. The quantitative estimate of drug-likeness (QED) is 0.874. The monoisotopic (exact) mass is 357 g/mol. The van der Waals surface area contributed by atoms with Crippen molar-refractivity contribution in [1.82, 2.24) is 9.55 Å². The molecule has 0 saturated heterocycles. The van der Waals surface area contributed by atoms with Crippen LogP contribution in [0.3, 0.4) is 0 Å². The molecule has 1 aliphatic rings. The first-order valence-corrected chi connectivity index (χ1v) is 7.70. The van der Waals surface area contributed by atoms with Gasteiger partial charge in [0.25, 0.3) is 5.91 Å². The molecule has 3 rings (SSSR count). The maximum Gasteiger partial charge on any atom is 0.426 e. The zero-order valence-corrected chi connectivity index (χ0v) is 13.3. The molecule has 8 heteroatoms. The molecule has 5 nitrogen and oxygen atoms in total. The second kappa shape index (κ2) is 6.33. The van der Waals surface area contributed by atoms with Crippen LogP contribution in [-0.2, 0) is 4.79 Å². The second-order valence-electron chi connectivity index (χ2n) is 6.41. The number of carbonyl (C=O) groups excluding carboxylic acids is 1. The molecule has 1 atom stereocenters. The summed E-state index contributed by atoms with van der Waals surface area (Å²) in [6.45, 7) is 2.34. The van der Waals surface area contributed by atoms with E-state index in [9.17, 15) is 23.1 Å². The Morgan fingerprint density at radius 2 is 2.00 bits per heavy atom. The van der Waals surface area contributed by atoms with Crippen molar-refractivity contribution >= 4 is 22.9 Å². The van der Waals surface area contributed by atoms with Crippen LogP contribution in [0, 0.1) is 6.92 Å². The van der Waals surface area contributed by atoms with E-state index in [1.165, 1.54) is 0 Å². The number of benzene rings is 1. The molecule has 0 bridgehead atoms. The lowest BCUT2D eigenvalue weighted by molar-refractivity contribution is -0.242. The van der Waals surface area contributed by atoms with Gasteiger partial charge in [-0.15, -0.1) is 0 Å². The van der Waals surface area contributed by atoms with Gasteiger partial charge in [-0.1, -0.05) is 13.5 Å². The summed E-state index contributed by atoms with van der Waals surface area (Å²) in [7, 11) is 0. The molecule has 0 unspecified atom stereocenters. The number of aliphatic hydroxyl groups is 1. The van der Waals surface area contributed by atoms with Gasteiger partial charge in [0.1, 0.15) is 0 Å². The number of fused-ring (bicyclic) bond motifs is 1. The lowest BCUT2D eigenvalue weighted by Crippen LogP contribution is -2.52. The van der Waals surface area contributed by atoms with Crippen LogP contribution in [0.1, 0.15) is 45.2 Å². The van der Waals surface area contributed by atoms with Crippen LogP contribution in [0.5, 0.6) is 0 Å². The summed E-state index contributed by atoms with van der Waals surface area (Å²) in [5.41, 5.74) is -1.13. The fourth-order valence-corrected chi connectivity index (χ4v) is 2.66. The molecule has 0 spiro atoms. The Morgan fingerprint density at radius 3 is 2.52 bits per heavy atom. The number of imidazole rings is 1. The number of amides is 1. The Labute approximate surface area is 143 Å². The highest BCUT2D eigenvalue weighted by molar-refractivity contribution is 5.97. The first kappa shape index (κ1) is 19.2. The lowest BCUT2D eigenvalue weighted by Gasteiger charge is -2.30. The number of nitrogens with one attached hydrogen (secondary N) is 1. The molecule has 1 saturated carbocycles. The molecule has 1 heterocycles. The Kier molecular flexibility index (Phi) is 4.87. The van der Waals surface area contributed by atoms with Gasteiger partial charge < -0.3 is 9.67 Å². The molecule has 1 aromatic heterocycles. The van der Waals surface area contributed by atoms with Gasteiger partial charge in [-0.2, -0.15) is 13.2 Å². The SMILES string of the molecule is C.Cc1ccc2nc(NC(=O)[C@](C)(O)C(F)(F)F)n(C3CCC3)c2c1. The summed E-state index contributed by atoms with van der Waals surface area (Å²) in [6.07, 6.45) is -2.30. The van der Waals surface area contributed by atoms with E-state index in [1.807, 2.05) is 19.1 Å². The van der Waals surface area contributed by atoms with Crippen molar-refractivity contribution in [2.45, 2.75) is 58.4 Å². The van der Waals surface area contributed by atoms with Crippen LogP contribution < -0.4 is 5.32 Å². The van der Waals surface area contributed by atoms with Crippen LogP contribution in [0.4, 0.5) is 19.1 Å². The minimum absolute atomic E-state index is 0. The van der Waals surface area contributed by atoms with E-state index < -0.39 is 17.7 Å². The van der Waals surface area contributed by atoms with E-state index in [0.29, 0.717) is 12.4 Å². The minimum Gasteiger partial charge on any atom is -0.373 e. The molecule has 1 aliphatic carbocycles. The number of carbonyl (C=O) groups is 1. The van der Waals surface area contributed by atoms with Crippen LogP contribution in [0.25, 0.3) is 11.0 Å². The molecular formula is C17H22F3N3O2. The number of hydrogen-bond acceptors (Lipinski definition) is 3. The average molecular weight is 357 g/mol. The third kappa shape index (κ3) is 3.22. The molecule has 0 radical (unpaired) electrons. The molecule has 25 heavy (non-hydrogen) atoms. The van der Waals surface area contributed by atoms with E-state index in [0.717, 1.165) is 30.3 Å². The molecule has 1 aromatic carbocycles. The average Bonchev–Trinajstić information content (AvgIpc) is 2.74. The van der Waals surface area contributed by atoms with Crippen LogP contribution >= 0.6 is 0 Å². The van der Waals surface area contributed by atoms with Crippen LogP contribution in [0.2, 0.25) is 0 Å². The topological polar surface area (TPSA) is 67.2 Å². The first-order chi connectivity index (χ1) is 11.1. The maximum absolute atomic E-state index is 12.8. The number of nitrogens with zero attached hydrogens (tertiary/aromatic N) is 2. The van der Waals surface area contributed by atoms with Crippen molar-refractivity contribution < 1.29 is 23.1 Å². The number of aromatic nitrogens is 2. The standard InChI is InChI=1S/C16H18F3N3O2.CH4/c1-9-6-7-11-12(8-9)22(10-4-3-5-10)14(20-11)21-13(23)15(2,24)16(17,18)19;/h6-8,10,24H,3-5H2,1-2H3,(H,20,21,23);1H4/t15-;/m0./s1. The molecule has 138 valence electrons. The first-order valence-electron chi connectivity index (χ1n) is 7.70. The highest BCUT2D eigenvalue weighted by atomic mass is 19.4. The number of alkyl halides is 3. The number of anilines is 1. The van der Waals surface area contributed by atoms with Crippen LogP contribution in [-0.4, -0.2) is 32.3 Å². The summed E-state index contributed by atoms with van der Waals surface area (Å²) < 4.78 is 40.3. The number of hydrogen-bond donors (Lipinski definition) is 2. The van der Waals surface area contributed by atoms with Crippen molar-refractivity contribution in [3.8, 4) is 0 Å². The molecule has 1 amide bonds. The van der Waals surface area contributed by atoms with E-state index in [-0.39, 0.29) is 19.4 Å². The van der Waals surface area contributed by atoms with E-state index in [1.54, 1.807) is 10.6 Å². The third-order valence-electron chi connectivity index (χ3n) is 4.50. The Balaban J connectivity index is 0.00000225. The van der Waals surface area contributed by atoms with Gasteiger partial charge in [-0.05, 0) is 50.8 Å². The Hall–Kier alpha value is -2.09. The number of halogens is 3. The predicted octanol–water partition coefficient (Wildman–Crippen LogP) is 3.96. The largest absolute Gasteiger partial charge is 0.426 e. The van der Waals surface area contributed by atoms with Crippen molar-refractivity contribution in [3.05, 3.63) is 23.8 Å². The van der Waals surface area contributed by atoms with Crippen molar-refractivity contribution in [1.29, 1.82) is 0 Å². The van der Waals surface area contributed by atoms with Crippen LogP contribution in [0.15, 0.2) is 18.2 Å². The summed E-state index contributed by atoms with van der Waals surface area (Å²) in [6, 6.07) is 5.58. The molecule has 0 aliphatic heterocycles. The van der Waals surface area contributed by atoms with E-state index in [4.69, 9.17) is 0 Å². The lowest BCUT2D eigenvalue weighted by atomic mass is 9.92. The maximum atomic E-state index is 12.8. The van der Waals surface area contributed by atoms with Gasteiger partial charge in [0.05, 0.1) is 11.0 Å². The normalized spacial score (nSPS) is 17.5. The fraction of sp³-hybridized carbons (Fsp3) is 0.529. The Morgan fingerprint density at radius 1 is 1.36 bits per heavy atom. The second-order valence-corrected chi connectivity index (χ2v) is 6.41. The third-order valence-corrected chi connectivity index (χ3v) is 4.50. The van der Waals surface area contributed by atoms with Gasteiger partial charge in [0, 0.05) is 6.04 Å². The van der Waals surface area contributed by atoms with Gasteiger partial charge in [-0.3, -0.25) is 10.1 Å². The van der Waals surface area contributed by atoms with Crippen molar-refractivity contribution in [2.24, 2.45) is 0 Å². The summed E-state index contributed by atoms with van der Waals surface area (Å²) in [5, 5.41) is 11.7. The molecule has 2 N–H and O–H groups in total. The smallest absolute Gasteiger partial charge is 0.373 e. The predicted molar refractivity (Wildman–Crippen MR) is 89.4 cm³/mol. The van der Waals surface area contributed by atoms with E-state index in [2.05, 4.69) is 10.3 Å². The van der Waals surface area contributed by atoms with E-state index >= 15 is 0 Å². The zero-order chi connectivity index (χ0) is 17.7. The number of aryl methyl sites for hydroxylation is 1. The highest BCUT2D eigenvalue weighted by Gasteiger charge is 2.56. The summed E-state index contributed by atoms with van der Waals surface area (Å²) in [5.74, 6) is -1.50. The Bertz CT molecular complexity index is 792. The minimum atomic E-state index is -5.07. The van der Waals surface area contributed by atoms with Crippen molar-refractivity contribution in [2.75, 3.05) is 5.32 Å². The molecule has 1 fully saturated rings. The number of rotatable bonds is 3. The van der Waals surface area contributed by atoms with Gasteiger partial charge in [0.2, 0.25) is 11.5 Å². The van der Waals surface area contributed by atoms with Crippen molar-refractivity contribution in [3.63, 3.8) is 0 Å². The highest BCUT2D eigenvalue weighted by Crippen LogP contribution is 2.38. The van der Waals surface area contributed by atoms with Gasteiger partial charge >= 0.3 is 6.18 Å². The molecular weight excluding hydrogens is 335 g/mol. The van der Waals surface area contributed by atoms with Gasteiger partial charge in [0.15, 0.2) is 0 Å². The zero-order valence-electron chi connectivity index (χ0n) is 13.3. The summed E-state index contributed by atoms with van der Waals surface area (Å²) >= 11 is 0. The fourth-order valence-electron chi connectivity index (χ4n) is 2.66. The molecule has 2 aromatic rings. The van der Waals surface area contributed by atoms with Gasteiger partial charge in [-0.25, -0.2) is 4.98 Å².